The maximum absolute atomic E-state index is 12.9. The van der Waals surface area contributed by atoms with Crippen LogP contribution in [-0.2, 0) is 14.3 Å². The molecule has 124 valence electrons. The van der Waals surface area contributed by atoms with Gasteiger partial charge in [-0.15, -0.1) is 0 Å². The molecule has 1 heterocycles. The summed E-state index contributed by atoms with van der Waals surface area (Å²) in [6.45, 7) is 1.90. The smallest absolute Gasteiger partial charge is 0.334 e. The van der Waals surface area contributed by atoms with Gasteiger partial charge in [0, 0.05) is 11.3 Å². The maximum Gasteiger partial charge on any atom is 0.334 e. The van der Waals surface area contributed by atoms with Crippen LogP contribution in [0.4, 0.5) is 5.69 Å². The van der Waals surface area contributed by atoms with E-state index in [2.05, 4.69) is 0 Å². The Balaban J connectivity index is 2.19. The summed E-state index contributed by atoms with van der Waals surface area (Å²) in [6.07, 6.45) is 0. The minimum atomic E-state index is -0.980. The largest absolute Gasteiger partial charge is 0.464 e. The van der Waals surface area contributed by atoms with Crippen molar-refractivity contribution >= 4 is 23.1 Å². The van der Waals surface area contributed by atoms with E-state index < -0.39 is 17.9 Å². The van der Waals surface area contributed by atoms with Gasteiger partial charge in [0.1, 0.15) is 11.6 Å². The van der Waals surface area contributed by atoms with Gasteiger partial charge in [0.05, 0.1) is 6.61 Å². The number of esters is 1. The quantitative estimate of drug-likeness (QED) is 0.807. The first kappa shape index (κ1) is 16.5. The van der Waals surface area contributed by atoms with Crippen molar-refractivity contribution < 1.29 is 14.3 Å². The number of anilines is 1. The second kappa shape index (κ2) is 7.02. The van der Waals surface area contributed by atoms with E-state index in [1.165, 1.54) is 4.90 Å². The van der Waals surface area contributed by atoms with E-state index in [0.717, 1.165) is 0 Å². The molecule has 0 radical (unpaired) electrons. The van der Waals surface area contributed by atoms with Crippen LogP contribution in [0.2, 0.25) is 0 Å². The molecule has 2 aromatic carbocycles. The third kappa shape index (κ3) is 2.90. The summed E-state index contributed by atoms with van der Waals surface area (Å²) in [7, 11) is 0. The van der Waals surface area contributed by atoms with E-state index in [0.29, 0.717) is 16.8 Å². The summed E-state index contributed by atoms with van der Waals surface area (Å²) < 4.78 is 5.19. The number of nitriles is 1. The van der Waals surface area contributed by atoms with Crippen molar-refractivity contribution in [3.63, 3.8) is 0 Å². The number of carbonyl (C=O) groups excluding carboxylic acids is 2. The Labute approximate surface area is 145 Å². The Kier molecular flexibility index (Phi) is 4.62. The lowest BCUT2D eigenvalue weighted by Gasteiger charge is -2.25. The van der Waals surface area contributed by atoms with Crippen molar-refractivity contribution in [2.45, 2.75) is 13.0 Å². The second-order valence-corrected chi connectivity index (χ2v) is 5.43. The molecule has 0 fully saturated rings. The van der Waals surface area contributed by atoms with Crippen LogP contribution in [0.1, 0.15) is 12.5 Å². The van der Waals surface area contributed by atoms with Crippen LogP contribution in [0.25, 0.3) is 5.57 Å². The Morgan fingerprint density at radius 3 is 2.28 bits per heavy atom. The van der Waals surface area contributed by atoms with Crippen molar-refractivity contribution in [2.75, 3.05) is 11.5 Å². The molecule has 2 aromatic rings. The zero-order valence-corrected chi connectivity index (χ0v) is 13.7. The average molecular weight is 332 g/mol. The van der Waals surface area contributed by atoms with Gasteiger partial charge in [0.15, 0.2) is 6.04 Å². The fraction of sp³-hybridized carbons (Fsp3) is 0.150. The highest BCUT2D eigenvalue weighted by molar-refractivity contribution is 6.24. The first-order valence-electron chi connectivity index (χ1n) is 7.94. The van der Waals surface area contributed by atoms with Gasteiger partial charge >= 0.3 is 5.97 Å². The molecule has 25 heavy (non-hydrogen) atoms. The van der Waals surface area contributed by atoms with Gasteiger partial charge in [-0.1, -0.05) is 48.5 Å². The van der Waals surface area contributed by atoms with Gasteiger partial charge in [-0.25, -0.2) is 4.79 Å². The fourth-order valence-electron chi connectivity index (χ4n) is 2.95. The topological polar surface area (TPSA) is 70.4 Å². The van der Waals surface area contributed by atoms with Crippen LogP contribution in [0.3, 0.4) is 0 Å². The van der Waals surface area contributed by atoms with Gasteiger partial charge < -0.3 is 4.74 Å². The first-order valence-corrected chi connectivity index (χ1v) is 7.94. The molecule has 0 bridgehead atoms. The monoisotopic (exact) mass is 332 g/mol. The lowest BCUT2D eigenvalue weighted by atomic mass is 9.96. The second-order valence-electron chi connectivity index (χ2n) is 5.43. The molecule has 3 rings (SSSR count). The van der Waals surface area contributed by atoms with Crippen molar-refractivity contribution in [3.8, 4) is 6.07 Å². The van der Waals surface area contributed by atoms with Crippen molar-refractivity contribution in [2.24, 2.45) is 0 Å². The summed E-state index contributed by atoms with van der Waals surface area (Å²) in [6, 6.07) is 18.8. The molecule has 5 heteroatoms. The molecule has 1 amide bonds. The third-order valence-electron chi connectivity index (χ3n) is 3.97. The summed E-state index contributed by atoms with van der Waals surface area (Å²) >= 11 is 0. The molecule has 0 saturated heterocycles. The highest BCUT2D eigenvalue weighted by Crippen LogP contribution is 2.37. The number of hydrogen-bond donors (Lipinski definition) is 0. The molecule has 0 aliphatic carbocycles. The number of hydrogen-bond acceptors (Lipinski definition) is 4. The zero-order valence-electron chi connectivity index (χ0n) is 13.7. The SMILES string of the molecule is CCOC(=O)C1C(c2ccccc2)=C(C#N)C(=O)N1c1ccccc1. The predicted octanol–water partition coefficient (Wildman–Crippen LogP) is 2.94. The van der Waals surface area contributed by atoms with Gasteiger partial charge in [0.2, 0.25) is 0 Å². The zero-order chi connectivity index (χ0) is 17.8. The number of para-hydroxylation sites is 1. The number of nitrogens with zero attached hydrogens (tertiary/aromatic N) is 2. The molecule has 0 saturated carbocycles. The van der Waals surface area contributed by atoms with E-state index in [1.54, 1.807) is 55.5 Å². The van der Waals surface area contributed by atoms with Crippen LogP contribution in [0.15, 0.2) is 66.2 Å². The lowest BCUT2D eigenvalue weighted by Crippen LogP contribution is -2.42. The summed E-state index contributed by atoms with van der Waals surface area (Å²) in [5.41, 5.74) is 1.55. The van der Waals surface area contributed by atoms with Crippen molar-refractivity contribution in [1.29, 1.82) is 5.26 Å². The number of rotatable bonds is 4. The summed E-state index contributed by atoms with van der Waals surface area (Å²) in [5, 5.41) is 9.55. The normalized spacial score (nSPS) is 16.7. The van der Waals surface area contributed by atoms with E-state index in [1.807, 2.05) is 18.2 Å². The number of benzene rings is 2. The molecule has 5 nitrogen and oxygen atoms in total. The summed E-state index contributed by atoms with van der Waals surface area (Å²) in [4.78, 5) is 26.9. The Morgan fingerprint density at radius 1 is 1.12 bits per heavy atom. The molecule has 1 atom stereocenters. The predicted molar refractivity (Wildman–Crippen MR) is 93.3 cm³/mol. The maximum atomic E-state index is 12.9. The first-order chi connectivity index (χ1) is 12.2. The van der Waals surface area contributed by atoms with Crippen LogP contribution < -0.4 is 4.90 Å². The number of amides is 1. The molecule has 1 aliphatic rings. The molecule has 0 spiro atoms. The highest BCUT2D eigenvalue weighted by atomic mass is 16.5. The van der Waals surface area contributed by atoms with Crippen LogP contribution in [0, 0.1) is 11.3 Å². The molecule has 1 unspecified atom stereocenters. The Hall–Kier alpha value is -3.39. The Bertz CT molecular complexity index is 867. The van der Waals surface area contributed by atoms with Crippen molar-refractivity contribution in [1.82, 2.24) is 0 Å². The van der Waals surface area contributed by atoms with Crippen LogP contribution in [0.5, 0.6) is 0 Å². The van der Waals surface area contributed by atoms with Gasteiger partial charge in [-0.3, -0.25) is 9.69 Å². The van der Waals surface area contributed by atoms with Crippen LogP contribution in [-0.4, -0.2) is 24.5 Å². The van der Waals surface area contributed by atoms with Crippen molar-refractivity contribution in [3.05, 3.63) is 71.8 Å². The van der Waals surface area contributed by atoms with E-state index >= 15 is 0 Å². The average Bonchev–Trinajstić information content (AvgIpc) is 2.95. The van der Waals surface area contributed by atoms with E-state index in [-0.39, 0.29) is 12.2 Å². The number of carbonyl (C=O) groups is 2. The molecule has 1 aliphatic heterocycles. The van der Waals surface area contributed by atoms with Gasteiger partial charge in [-0.05, 0) is 24.6 Å². The highest BCUT2D eigenvalue weighted by Gasteiger charge is 2.45. The number of ether oxygens (including phenoxy) is 1. The fourth-order valence-corrected chi connectivity index (χ4v) is 2.95. The van der Waals surface area contributed by atoms with Gasteiger partial charge in [-0.2, -0.15) is 5.26 Å². The minimum Gasteiger partial charge on any atom is -0.464 e. The van der Waals surface area contributed by atoms with E-state index in [9.17, 15) is 14.9 Å². The standard InChI is InChI=1S/C20H16N2O3/c1-2-25-20(24)18-17(14-9-5-3-6-10-14)16(13-21)19(23)22(18)15-11-7-4-8-12-15/h3-12,18H,2H2,1H3. The van der Waals surface area contributed by atoms with Crippen LogP contribution >= 0.6 is 0 Å². The molecule has 0 aromatic heterocycles. The summed E-state index contributed by atoms with van der Waals surface area (Å²) in [5.74, 6) is -1.05. The van der Waals surface area contributed by atoms with E-state index in [4.69, 9.17) is 4.74 Å². The Morgan fingerprint density at radius 2 is 1.72 bits per heavy atom. The molecular formula is C20H16N2O3. The minimum absolute atomic E-state index is 0.0342. The third-order valence-corrected chi connectivity index (χ3v) is 3.97. The lowest BCUT2D eigenvalue weighted by molar-refractivity contribution is -0.143. The molecular weight excluding hydrogens is 316 g/mol. The molecule has 0 N–H and O–H groups in total. The van der Waals surface area contributed by atoms with Gasteiger partial charge in [0.25, 0.3) is 5.91 Å².